The summed E-state index contributed by atoms with van der Waals surface area (Å²) >= 11 is 16.3. The number of anilines is 1. The van der Waals surface area contributed by atoms with Crippen molar-refractivity contribution in [3.63, 3.8) is 0 Å². The summed E-state index contributed by atoms with van der Waals surface area (Å²) in [7, 11) is 3.83. The Morgan fingerprint density at radius 3 is 1.90 bits per heavy atom. The molecule has 0 saturated heterocycles. The number of halogens is 2. The van der Waals surface area contributed by atoms with Crippen molar-refractivity contribution in [3.8, 4) is 0 Å². The zero-order valence-corrected chi connectivity index (χ0v) is 46.9. The van der Waals surface area contributed by atoms with Gasteiger partial charge in [-0.1, -0.05) is 82.0 Å². The zero-order valence-electron chi connectivity index (χ0n) is 42.9. The molecule has 9 nitrogen and oxygen atoms in total. The van der Waals surface area contributed by atoms with Crippen LogP contribution in [0.2, 0.25) is 10.2 Å². The van der Waals surface area contributed by atoms with Gasteiger partial charge in [-0.2, -0.15) is 5.10 Å². The minimum absolute atomic E-state index is 0.0706. The summed E-state index contributed by atoms with van der Waals surface area (Å²) in [6.07, 6.45) is 15.7. The third-order valence-corrected chi connectivity index (χ3v) is 14.7. The third kappa shape index (κ3) is 20.0. The summed E-state index contributed by atoms with van der Waals surface area (Å²) < 4.78 is 8.70. The second-order valence-corrected chi connectivity index (χ2v) is 21.3. The molecule has 1 saturated carbocycles. The monoisotopic (exact) mass is 1020 g/mol. The Balaban J connectivity index is 0.000000207. The molecule has 6 heterocycles. The number of nitrogens with one attached hydrogen (secondary N) is 2. The van der Waals surface area contributed by atoms with Crippen LogP contribution in [0, 0.1) is 69.2 Å². The van der Waals surface area contributed by atoms with E-state index in [-0.39, 0.29) is 5.91 Å². The number of thiophene rings is 2. The fourth-order valence-electron chi connectivity index (χ4n) is 6.35. The third-order valence-electron chi connectivity index (χ3n) is 11.1. The van der Waals surface area contributed by atoms with Crippen LogP contribution < -0.4 is 20.3 Å². The minimum Gasteiger partial charge on any atom is -0.361 e. The van der Waals surface area contributed by atoms with Crippen LogP contribution in [0.3, 0.4) is 0 Å². The van der Waals surface area contributed by atoms with E-state index in [4.69, 9.17) is 27.7 Å². The summed E-state index contributed by atoms with van der Waals surface area (Å²) in [5, 5.41) is 19.8. The van der Waals surface area contributed by atoms with Gasteiger partial charge in [0.05, 0.1) is 29.2 Å². The number of rotatable bonds is 2. The van der Waals surface area contributed by atoms with Gasteiger partial charge in [-0.25, -0.2) is 14.5 Å². The van der Waals surface area contributed by atoms with E-state index in [1.165, 1.54) is 96.9 Å². The van der Waals surface area contributed by atoms with Crippen molar-refractivity contribution in [2.45, 2.75) is 129 Å². The van der Waals surface area contributed by atoms with E-state index in [1.54, 1.807) is 27.4 Å². The van der Waals surface area contributed by atoms with Gasteiger partial charge in [0.25, 0.3) is 0 Å². The molecule has 0 aliphatic heterocycles. The van der Waals surface area contributed by atoms with Gasteiger partial charge in [0.1, 0.15) is 22.8 Å². The molecule has 0 unspecified atom stereocenters. The first kappa shape index (κ1) is 57.5. The highest BCUT2D eigenvalue weighted by Crippen LogP contribution is 2.41. The predicted octanol–water partition coefficient (Wildman–Crippen LogP) is 14.1. The molecule has 1 fully saturated rings. The van der Waals surface area contributed by atoms with E-state index in [0.717, 1.165) is 50.1 Å². The van der Waals surface area contributed by atoms with Crippen LogP contribution in [0.4, 0.5) is 5.13 Å². The summed E-state index contributed by atoms with van der Waals surface area (Å²) in [5.41, 5.74) is 12.6. The van der Waals surface area contributed by atoms with Gasteiger partial charge in [-0.3, -0.25) is 9.48 Å². The number of aryl methyl sites for hydroxylation is 10. The predicted molar refractivity (Wildman–Crippen MR) is 292 cm³/mol. The summed E-state index contributed by atoms with van der Waals surface area (Å²) in [6, 6.07) is 12.6. The topological polar surface area (TPSA) is 106 Å². The first-order chi connectivity index (χ1) is 32.1. The lowest BCUT2D eigenvalue weighted by Crippen LogP contribution is -2.23. The van der Waals surface area contributed by atoms with Crippen LogP contribution in [-0.2, 0) is 18.9 Å². The fourth-order valence-corrected chi connectivity index (χ4v) is 8.84. The molecular formula is C54H72Cl2N7O2S3+. The number of amides is 1. The number of nitrogens with zero attached hydrogens (tertiary/aromatic N) is 5. The van der Waals surface area contributed by atoms with Crippen molar-refractivity contribution in [1.82, 2.24) is 24.9 Å². The quantitative estimate of drug-likeness (QED) is 0.168. The van der Waals surface area contributed by atoms with E-state index < -0.39 is 0 Å². The average Bonchev–Trinajstić information content (AvgIpc) is 4.00. The molecule has 3 aliphatic rings. The molecule has 68 heavy (non-hydrogen) atoms. The molecule has 366 valence electrons. The van der Waals surface area contributed by atoms with E-state index in [9.17, 15) is 4.79 Å². The van der Waals surface area contributed by atoms with Gasteiger partial charge in [0.15, 0.2) is 5.13 Å². The lowest BCUT2D eigenvalue weighted by atomic mass is 10.1. The number of fused-ring (bicyclic) bond motifs is 1. The average molecular weight is 1020 g/mol. The summed E-state index contributed by atoms with van der Waals surface area (Å²) in [5.74, 6) is 1.62. The van der Waals surface area contributed by atoms with Crippen molar-refractivity contribution in [2.24, 2.45) is 14.1 Å². The molecule has 10 rings (SSSR count). The van der Waals surface area contributed by atoms with Crippen molar-refractivity contribution in [1.29, 1.82) is 0 Å². The van der Waals surface area contributed by atoms with Gasteiger partial charge < -0.3 is 9.84 Å². The van der Waals surface area contributed by atoms with E-state index in [2.05, 4.69) is 121 Å². The van der Waals surface area contributed by atoms with Crippen LogP contribution >= 0.6 is 57.2 Å². The SMILES string of the molecule is CC(=O)Nc1nc(C)c(C)s1.CC1=CCC(C)=C1C.Cc1c[n+](C)c[nH]1.Cc1cc(Cl)cs1.Cc1cccc2c1=CCC=2.Cc1cccs1.Cc1nn(C)c(Cl)c1C.Cc1onc(C2CC2)c1C. The van der Waals surface area contributed by atoms with Crippen molar-refractivity contribution in [3.05, 3.63) is 163 Å². The number of hydrogen-bond acceptors (Lipinski definition) is 8. The van der Waals surface area contributed by atoms with Crippen LogP contribution in [0.25, 0.3) is 12.2 Å². The van der Waals surface area contributed by atoms with Crippen LogP contribution in [0.15, 0.2) is 87.0 Å². The molecular weight excluding hydrogens is 946 g/mol. The fraction of sp³-hybridized carbons (Fsp3) is 0.389. The van der Waals surface area contributed by atoms with E-state index in [1.807, 2.05) is 91.1 Å². The normalized spacial score (nSPS) is 12.6. The second-order valence-electron chi connectivity index (χ2n) is 17.1. The summed E-state index contributed by atoms with van der Waals surface area (Å²) in [6.45, 7) is 28.2. The molecule has 6 aromatic heterocycles. The van der Waals surface area contributed by atoms with Crippen molar-refractivity contribution < 1.29 is 13.9 Å². The first-order valence-electron chi connectivity index (χ1n) is 22.7. The zero-order chi connectivity index (χ0) is 50.7. The van der Waals surface area contributed by atoms with Gasteiger partial charge in [-0.15, -0.1) is 34.0 Å². The Bertz CT molecular complexity index is 2730. The molecule has 3 aliphatic carbocycles. The van der Waals surface area contributed by atoms with Crippen molar-refractivity contribution in [2.75, 3.05) is 5.32 Å². The number of H-pyrrole nitrogens is 1. The maximum Gasteiger partial charge on any atom is 0.241 e. The number of imidazole rings is 1. The van der Waals surface area contributed by atoms with Gasteiger partial charge >= 0.3 is 0 Å². The molecule has 0 bridgehead atoms. The molecule has 0 radical (unpaired) electrons. The highest BCUT2D eigenvalue weighted by Gasteiger charge is 2.29. The van der Waals surface area contributed by atoms with Crippen molar-refractivity contribution >= 4 is 80.4 Å². The maximum absolute atomic E-state index is 10.6. The number of hydrogen-bond donors (Lipinski definition) is 2. The standard InChI is InChI=1S/C10H10.C8H11NO.C8H12.C7H10N2OS.C6H9ClN2.C5H5ClS.C5H8N2.C5H6S/c1-8-4-2-5-9-6-3-7-10(8)9;1-5-6(2)10-9-8(5)7-3-4-7;1-6-4-5-7(2)8(6)3;1-4-5(2)11-7(8-4)9-6(3)10;1-4-5(2)8-9(3)6(4)7;1-4-2-5(6)3-7-4;1-5-3-7(2)4-6-5;1-5-3-2-4-6-5/h2,4-7H,3H2,1H3;7H,3-4H2,1-2H3;4H,5H2,1-3H3;1-3H3,(H,8,9,10);1-3H3;2-3H,1H3;3-4H,1-2H3;2-4H,1H3/p+1. The molecule has 0 atom stereocenters. The molecule has 7 aromatic rings. The molecule has 0 spiro atoms. The van der Waals surface area contributed by atoms with Gasteiger partial charge in [0, 0.05) is 58.0 Å². The Morgan fingerprint density at radius 1 is 0.882 bits per heavy atom. The van der Waals surface area contributed by atoms with E-state index >= 15 is 0 Å². The van der Waals surface area contributed by atoms with Crippen LogP contribution in [0.5, 0.6) is 0 Å². The molecule has 14 heteroatoms. The Kier molecular flexibility index (Phi) is 24.2. The molecule has 2 N–H and O–H groups in total. The number of carbonyl (C=O) groups is 1. The van der Waals surface area contributed by atoms with Crippen LogP contribution in [-0.4, -0.2) is 30.8 Å². The van der Waals surface area contributed by atoms with Gasteiger partial charge in [0.2, 0.25) is 12.2 Å². The lowest BCUT2D eigenvalue weighted by molar-refractivity contribution is -0.670. The molecule has 1 amide bonds. The van der Waals surface area contributed by atoms with E-state index in [0.29, 0.717) is 5.13 Å². The highest BCUT2D eigenvalue weighted by molar-refractivity contribution is 7.15. The Hall–Kier alpha value is -4.85. The first-order valence-corrected chi connectivity index (χ1v) is 26.0. The highest BCUT2D eigenvalue weighted by atomic mass is 35.5. The van der Waals surface area contributed by atoms with Gasteiger partial charge in [-0.05, 0) is 148 Å². The second kappa shape index (κ2) is 28.6. The smallest absolute Gasteiger partial charge is 0.241 e. The Labute approximate surface area is 427 Å². The molecule has 1 aromatic carbocycles. The largest absolute Gasteiger partial charge is 0.361 e. The number of thiazole rings is 1. The minimum atomic E-state index is -0.0706. The number of carbonyl (C=O) groups excluding carboxylic acids is 1. The number of allylic oxidation sites excluding steroid dienone is 4. The number of benzene rings is 1. The lowest BCUT2D eigenvalue weighted by Gasteiger charge is -1.93. The number of aromatic nitrogens is 6. The summed E-state index contributed by atoms with van der Waals surface area (Å²) in [4.78, 5) is 21.6. The van der Waals surface area contributed by atoms with Crippen LogP contribution in [0.1, 0.15) is 119 Å². The maximum atomic E-state index is 10.6. The Morgan fingerprint density at radius 2 is 1.59 bits per heavy atom. The number of aromatic amines is 1.